The van der Waals surface area contributed by atoms with Crippen LogP contribution in [-0.2, 0) is 0 Å². The van der Waals surface area contributed by atoms with Crippen molar-refractivity contribution in [1.29, 1.82) is 0 Å². The monoisotopic (exact) mass is 467 g/mol. The van der Waals surface area contributed by atoms with Crippen LogP contribution in [-0.4, -0.2) is 15.6 Å². The highest BCUT2D eigenvalue weighted by Crippen LogP contribution is 2.32. The number of anilines is 2. The largest absolute Gasteiger partial charge is 0.306 e. The van der Waals surface area contributed by atoms with Crippen molar-refractivity contribution < 1.29 is 0 Å². The minimum Gasteiger partial charge on any atom is -0.306 e. The summed E-state index contributed by atoms with van der Waals surface area (Å²) in [6, 6.07) is 28.8. The van der Waals surface area contributed by atoms with Crippen LogP contribution in [0.2, 0.25) is 5.02 Å². The molecule has 0 fully saturated rings. The van der Waals surface area contributed by atoms with E-state index in [1.54, 1.807) is 0 Å². The van der Waals surface area contributed by atoms with Gasteiger partial charge in [-0.2, -0.15) is 5.01 Å². The van der Waals surface area contributed by atoms with Crippen LogP contribution in [0.1, 0.15) is 13.8 Å². The Morgan fingerprint density at radius 2 is 1.62 bits per heavy atom. The third-order valence-electron chi connectivity index (χ3n) is 5.47. The van der Waals surface area contributed by atoms with Crippen molar-refractivity contribution in [3.63, 3.8) is 0 Å². The van der Waals surface area contributed by atoms with E-state index in [2.05, 4.69) is 9.85 Å². The third-order valence-corrected chi connectivity index (χ3v) is 5.72. The maximum atomic E-state index is 12.0. The number of nitroso groups, excluding NO2 is 1. The molecule has 0 unspecified atom stereocenters. The fourth-order valence-corrected chi connectivity index (χ4v) is 4.18. The van der Waals surface area contributed by atoms with Crippen LogP contribution >= 0.6 is 11.6 Å². The zero-order valence-corrected chi connectivity index (χ0v) is 19.5. The van der Waals surface area contributed by atoms with Gasteiger partial charge in [-0.05, 0) is 74.5 Å². The molecule has 0 saturated heterocycles. The molecule has 0 radical (unpaired) electrons. The highest BCUT2D eigenvalue weighted by atomic mass is 35.5. The van der Waals surface area contributed by atoms with Gasteiger partial charge in [0.15, 0.2) is 0 Å². The molecule has 0 saturated carbocycles. The molecule has 0 amide bonds. The highest BCUT2D eigenvalue weighted by Gasteiger charge is 2.20. The Morgan fingerprint density at radius 3 is 2.32 bits per heavy atom. The molecule has 6 nitrogen and oxygen atoms in total. The number of halogens is 1. The molecular formula is C27H22ClN5O. The lowest BCUT2D eigenvalue weighted by Crippen LogP contribution is -2.21. The Labute approximate surface area is 202 Å². The van der Waals surface area contributed by atoms with Crippen LogP contribution in [0.15, 0.2) is 101 Å². The van der Waals surface area contributed by atoms with Crippen LogP contribution in [0.25, 0.3) is 28.1 Å². The summed E-state index contributed by atoms with van der Waals surface area (Å²) < 4.78 is 2.14. The van der Waals surface area contributed by atoms with Gasteiger partial charge in [-0.3, -0.25) is 4.99 Å². The van der Waals surface area contributed by atoms with E-state index in [1.165, 1.54) is 5.01 Å². The summed E-state index contributed by atoms with van der Waals surface area (Å²) in [6.45, 7) is 4.00. The van der Waals surface area contributed by atoms with Crippen LogP contribution < -0.4 is 10.4 Å². The minimum absolute atomic E-state index is 0.0119. The van der Waals surface area contributed by atoms with Crippen LogP contribution in [0, 0.1) is 4.91 Å². The van der Waals surface area contributed by atoms with Gasteiger partial charge >= 0.3 is 0 Å². The molecule has 3 aromatic carbocycles. The minimum atomic E-state index is 0.0119. The van der Waals surface area contributed by atoms with E-state index in [-0.39, 0.29) is 6.04 Å². The van der Waals surface area contributed by atoms with Crippen molar-refractivity contribution in [1.82, 2.24) is 9.55 Å². The van der Waals surface area contributed by atoms with Gasteiger partial charge in [-0.15, -0.1) is 4.91 Å². The second-order valence-corrected chi connectivity index (χ2v) is 8.63. The second-order valence-electron chi connectivity index (χ2n) is 8.19. The molecule has 1 aliphatic carbocycles. The van der Waals surface area contributed by atoms with E-state index in [1.807, 2.05) is 105 Å². The number of para-hydroxylation sites is 3. The molecule has 0 bridgehead atoms. The number of hydrogen-bond acceptors (Lipinski definition) is 4. The molecule has 7 heteroatoms. The molecule has 34 heavy (non-hydrogen) atoms. The standard InChI is InChI=1S/C27H22ClN5O/c1-18(2)29-24-16-26-23(17-27(24)33(31-34)21-8-4-3-5-9-21)30-22-10-6-7-11-25(22)32(26)20-14-12-19(28)13-15-20/h3-18H,1-2H3. The zero-order valence-electron chi connectivity index (χ0n) is 18.8. The van der Waals surface area contributed by atoms with Gasteiger partial charge in [-0.25, -0.2) is 4.98 Å². The number of hydrogen-bond donors (Lipinski definition) is 0. The van der Waals surface area contributed by atoms with Crippen molar-refractivity contribution in [2.24, 2.45) is 10.3 Å². The summed E-state index contributed by atoms with van der Waals surface area (Å²) in [4.78, 5) is 21.8. The molecule has 0 spiro atoms. The maximum absolute atomic E-state index is 12.0. The van der Waals surface area contributed by atoms with Crippen LogP contribution in [0.4, 0.5) is 11.4 Å². The predicted octanol–water partition coefficient (Wildman–Crippen LogP) is 6.91. The number of aromatic nitrogens is 2. The number of nitrogens with zero attached hydrogens (tertiary/aromatic N) is 5. The Kier molecular flexibility index (Phi) is 5.82. The first kappa shape index (κ1) is 21.8. The summed E-state index contributed by atoms with van der Waals surface area (Å²) in [5.41, 5.74) is 5.55. The van der Waals surface area contributed by atoms with Gasteiger partial charge in [0.1, 0.15) is 0 Å². The summed E-state index contributed by atoms with van der Waals surface area (Å²) >= 11 is 6.17. The van der Waals surface area contributed by atoms with E-state index < -0.39 is 0 Å². The fourth-order valence-electron chi connectivity index (χ4n) is 4.05. The van der Waals surface area contributed by atoms with Gasteiger partial charge in [0, 0.05) is 16.8 Å². The number of rotatable bonds is 5. The van der Waals surface area contributed by atoms with E-state index in [0.29, 0.717) is 21.8 Å². The highest BCUT2D eigenvalue weighted by molar-refractivity contribution is 6.30. The molecule has 0 atom stereocenters. The van der Waals surface area contributed by atoms with Gasteiger partial charge in [0.2, 0.25) is 0 Å². The number of fused-ring (bicyclic) bond motifs is 2. The summed E-state index contributed by atoms with van der Waals surface area (Å²) in [5.74, 6) is 0. The van der Waals surface area contributed by atoms with Crippen LogP contribution in [0.3, 0.4) is 0 Å². The van der Waals surface area contributed by atoms with E-state index >= 15 is 0 Å². The summed E-state index contributed by atoms with van der Waals surface area (Å²) in [5, 5.41) is 6.02. The second kappa shape index (κ2) is 9.08. The lowest BCUT2D eigenvalue weighted by atomic mass is 10.1. The smallest absolute Gasteiger partial charge is 0.0960 e. The Bertz CT molecular complexity index is 1510. The zero-order chi connectivity index (χ0) is 23.7. The average molecular weight is 468 g/mol. The molecule has 168 valence electrons. The Morgan fingerprint density at radius 1 is 0.912 bits per heavy atom. The van der Waals surface area contributed by atoms with E-state index in [9.17, 15) is 4.91 Å². The van der Waals surface area contributed by atoms with Gasteiger partial charge in [0.05, 0.1) is 44.4 Å². The molecule has 0 aromatic heterocycles. The fraction of sp³-hybridized carbons (Fsp3) is 0.111. The van der Waals surface area contributed by atoms with E-state index in [4.69, 9.17) is 21.6 Å². The molecule has 5 rings (SSSR count). The Balaban J connectivity index is 1.88. The van der Waals surface area contributed by atoms with Crippen molar-refractivity contribution in [3.05, 3.63) is 106 Å². The molecule has 1 aliphatic heterocycles. The normalized spacial score (nSPS) is 11.9. The molecule has 2 aliphatic rings. The van der Waals surface area contributed by atoms with Crippen molar-refractivity contribution >= 4 is 34.0 Å². The first-order chi connectivity index (χ1) is 16.5. The first-order valence-electron chi connectivity index (χ1n) is 11.0. The predicted molar refractivity (Wildman–Crippen MR) is 138 cm³/mol. The summed E-state index contributed by atoms with van der Waals surface area (Å²) in [6.07, 6.45) is 0. The Hall–Kier alpha value is -4.03. The maximum Gasteiger partial charge on any atom is 0.0960 e. The van der Waals surface area contributed by atoms with Crippen LogP contribution in [0.5, 0.6) is 0 Å². The first-order valence-corrected chi connectivity index (χ1v) is 11.4. The summed E-state index contributed by atoms with van der Waals surface area (Å²) in [7, 11) is 0. The number of benzene rings is 4. The molecule has 1 heterocycles. The van der Waals surface area contributed by atoms with Crippen molar-refractivity contribution in [3.8, 4) is 17.1 Å². The van der Waals surface area contributed by atoms with Gasteiger partial charge in [0.25, 0.3) is 0 Å². The SMILES string of the molecule is CC(C)N=c1cc2n(-c3ccc(Cl)cc3)c3ccccc3nc-2cc1N(N=O)c1ccccc1. The molecule has 0 N–H and O–H groups in total. The van der Waals surface area contributed by atoms with Crippen molar-refractivity contribution in [2.75, 3.05) is 5.01 Å². The lowest BCUT2D eigenvalue weighted by Gasteiger charge is -2.22. The molecular weight excluding hydrogens is 446 g/mol. The topological polar surface area (TPSA) is 62.9 Å². The molecule has 3 aromatic rings. The van der Waals surface area contributed by atoms with Gasteiger partial charge < -0.3 is 4.57 Å². The van der Waals surface area contributed by atoms with E-state index in [0.717, 1.165) is 28.1 Å². The van der Waals surface area contributed by atoms with Gasteiger partial charge in [-0.1, -0.05) is 41.9 Å². The average Bonchev–Trinajstić information content (AvgIpc) is 2.84. The quantitative estimate of drug-likeness (QED) is 0.160. The lowest BCUT2D eigenvalue weighted by molar-refractivity contribution is 0.802. The van der Waals surface area contributed by atoms with Crippen molar-refractivity contribution in [2.45, 2.75) is 19.9 Å². The third kappa shape index (κ3) is 4.04.